The molecule has 0 saturated carbocycles. The standard InChI is InChI=1S/C21H37N3O6S4/c1-7-32-19(31)33-21(3,16-20(2,22-4)11-10-17(25)26)18(27)23-12-8-13-24(5,6)14-9-15-34(28,29)30/h7-16H2,1-3,5-6H3,(H2-,23,25,26,27,28,29,30)/p+1. The zero-order valence-corrected chi connectivity index (χ0v) is 23.9. The van der Waals surface area contributed by atoms with Gasteiger partial charge in [0.2, 0.25) is 11.4 Å². The van der Waals surface area contributed by atoms with E-state index >= 15 is 0 Å². The zero-order chi connectivity index (χ0) is 26.6. The van der Waals surface area contributed by atoms with Crippen LogP contribution < -0.4 is 5.32 Å². The normalized spacial score (nSPS) is 15.6. The topological polar surface area (TPSA) is 125 Å². The number of quaternary nitrogens is 1. The Kier molecular flexibility index (Phi) is 14.2. The lowest BCUT2D eigenvalue weighted by molar-refractivity contribution is -0.890. The van der Waals surface area contributed by atoms with Gasteiger partial charge in [-0.15, -0.1) is 11.8 Å². The molecule has 0 heterocycles. The highest BCUT2D eigenvalue weighted by atomic mass is 32.2. The monoisotopic (exact) mass is 556 g/mol. The number of nitrogens with zero attached hydrogens (tertiary/aromatic N) is 2. The molecule has 34 heavy (non-hydrogen) atoms. The molecule has 0 bridgehead atoms. The van der Waals surface area contributed by atoms with E-state index in [1.807, 2.05) is 21.0 Å². The van der Waals surface area contributed by atoms with Crippen LogP contribution in [0.1, 0.15) is 52.9 Å². The number of hydrogen-bond acceptors (Lipinski definition) is 7. The fraction of sp³-hybridized carbons (Fsp3) is 0.810. The second kappa shape index (κ2) is 14.6. The van der Waals surface area contributed by atoms with Crippen LogP contribution in [0.2, 0.25) is 0 Å². The highest BCUT2D eigenvalue weighted by Gasteiger charge is 2.46. The fourth-order valence-electron chi connectivity index (χ4n) is 3.46. The van der Waals surface area contributed by atoms with E-state index in [-0.39, 0.29) is 30.9 Å². The minimum Gasteiger partial charge on any atom is -0.481 e. The third-order valence-corrected chi connectivity index (χ3v) is 8.79. The van der Waals surface area contributed by atoms with Gasteiger partial charge in [-0.05, 0) is 12.7 Å². The van der Waals surface area contributed by atoms with Crippen LogP contribution in [0.4, 0.5) is 0 Å². The second-order valence-electron chi connectivity index (χ2n) is 9.33. The number of hydrogen-bond donors (Lipinski definition) is 3. The van der Waals surface area contributed by atoms with Gasteiger partial charge in [0.1, 0.15) is 8.28 Å². The van der Waals surface area contributed by atoms with Crippen molar-refractivity contribution in [1.82, 2.24) is 5.32 Å². The number of carbonyl (C=O) groups is 2. The average Bonchev–Trinajstić information content (AvgIpc) is 2.68. The Hall–Kier alpha value is -0.910. The van der Waals surface area contributed by atoms with Crippen molar-refractivity contribution in [3.8, 4) is 0 Å². The molecule has 0 radical (unpaired) electrons. The summed E-state index contributed by atoms with van der Waals surface area (Å²) in [6, 6.07) is 0. The molecule has 2 atom stereocenters. The smallest absolute Gasteiger partial charge is 0.303 e. The van der Waals surface area contributed by atoms with E-state index in [1.165, 1.54) is 23.5 Å². The van der Waals surface area contributed by atoms with Gasteiger partial charge in [-0.1, -0.05) is 30.9 Å². The molecule has 2 unspecified atom stereocenters. The first kappa shape index (κ1) is 33.1. The van der Waals surface area contributed by atoms with Gasteiger partial charge in [0, 0.05) is 39.2 Å². The molecule has 0 aromatic rings. The van der Waals surface area contributed by atoms with E-state index in [0.717, 1.165) is 5.75 Å². The average molecular weight is 557 g/mol. The van der Waals surface area contributed by atoms with Gasteiger partial charge >= 0.3 is 5.97 Å². The highest BCUT2D eigenvalue weighted by molar-refractivity contribution is 8.47. The van der Waals surface area contributed by atoms with E-state index in [1.54, 1.807) is 13.8 Å². The van der Waals surface area contributed by atoms with Crippen LogP contribution in [0.5, 0.6) is 0 Å². The van der Waals surface area contributed by atoms with E-state index in [0.29, 0.717) is 40.5 Å². The molecule has 3 N–H and O–H groups in total. The molecule has 0 aromatic carbocycles. The number of thioether (sulfide) groups is 2. The van der Waals surface area contributed by atoms with Crippen molar-refractivity contribution in [2.24, 2.45) is 0 Å². The maximum absolute atomic E-state index is 13.2. The summed E-state index contributed by atoms with van der Waals surface area (Å²) in [5, 5.41) is 12.0. The lowest BCUT2D eigenvalue weighted by atomic mass is 9.85. The Labute approximate surface area is 218 Å². The summed E-state index contributed by atoms with van der Waals surface area (Å²) in [5.41, 5.74) is -1.02. The third-order valence-electron chi connectivity index (χ3n) is 5.31. The number of carbonyl (C=O) groups excluding carboxylic acids is 1. The van der Waals surface area contributed by atoms with Crippen LogP contribution in [0.25, 0.3) is 4.85 Å². The van der Waals surface area contributed by atoms with Gasteiger partial charge in [0.15, 0.2) is 0 Å². The Morgan fingerprint density at radius 3 is 2.29 bits per heavy atom. The lowest BCUT2D eigenvalue weighted by Gasteiger charge is -2.32. The van der Waals surface area contributed by atoms with Crippen LogP contribution in [-0.4, -0.2) is 93.5 Å². The molecule has 196 valence electrons. The van der Waals surface area contributed by atoms with E-state index in [2.05, 4.69) is 10.2 Å². The molecule has 1 amide bonds. The second-order valence-corrected chi connectivity index (χ2v) is 14.9. The van der Waals surface area contributed by atoms with Crippen molar-refractivity contribution >= 4 is 61.3 Å². The van der Waals surface area contributed by atoms with Crippen molar-refractivity contribution in [3.05, 3.63) is 11.4 Å². The summed E-state index contributed by atoms with van der Waals surface area (Å²) >= 11 is 8.10. The predicted molar refractivity (Wildman–Crippen MR) is 144 cm³/mol. The molecule has 0 aliphatic heterocycles. The maximum atomic E-state index is 13.2. The summed E-state index contributed by atoms with van der Waals surface area (Å²) in [7, 11) is -0.0667. The van der Waals surface area contributed by atoms with Crippen LogP contribution in [-0.2, 0) is 19.7 Å². The van der Waals surface area contributed by atoms with Crippen LogP contribution in [0.15, 0.2) is 0 Å². The van der Waals surface area contributed by atoms with Gasteiger partial charge in [-0.3, -0.25) is 14.1 Å². The summed E-state index contributed by atoms with van der Waals surface area (Å²) in [6.45, 7) is 14.7. The molecule has 13 heteroatoms. The molecule has 0 aromatic heterocycles. The molecule has 9 nitrogen and oxygen atoms in total. The third kappa shape index (κ3) is 14.5. The Balaban J connectivity index is 5.14. The molecule has 0 rings (SSSR count). The van der Waals surface area contributed by atoms with Gasteiger partial charge < -0.3 is 19.8 Å². The number of amides is 1. The number of carboxylic acid groups (broad SMARTS) is 1. The molecule has 0 fully saturated rings. The fourth-order valence-corrected chi connectivity index (χ4v) is 7.16. The minimum atomic E-state index is -3.98. The van der Waals surface area contributed by atoms with Crippen molar-refractivity contribution in [3.63, 3.8) is 0 Å². The molecular weight excluding hydrogens is 519 g/mol. The summed E-state index contributed by atoms with van der Waals surface area (Å²) in [4.78, 5) is 27.9. The number of rotatable bonds is 16. The van der Waals surface area contributed by atoms with Crippen molar-refractivity contribution in [2.75, 3.05) is 45.2 Å². The maximum Gasteiger partial charge on any atom is 0.303 e. The van der Waals surface area contributed by atoms with Gasteiger partial charge in [-0.25, -0.2) is 6.57 Å². The van der Waals surface area contributed by atoms with Crippen molar-refractivity contribution in [1.29, 1.82) is 0 Å². The first-order valence-electron chi connectivity index (χ1n) is 11.0. The zero-order valence-electron chi connectivity index (χ0n) is 20.6. The Morgan fingerprint density at radius 1 is 1.21 bits per heavy atom. The first-order chi connectivity index (χ1) is 15.5. The quantitative estimate of drug-likeness (QED) is 0.0863. The van der Waals surface area contributed by atoms with Gasteiger partial charge in [0.25, 0.3) is 10.1 Å². The Bertz CT molecular complexity index is 859. The van der Waals surface area contributed by atoms with Crippen molar-refractivity contribution in [2.45, 2.75) is 63.2 Å². The van der Waals surface area contributed by atoms with E-state index < -0.39 is 26.4 Å². The summed E-state index contributed by atoms with van der Waals surface area (Å²) in [6.07, 6.45) is 1.14. The van der Waals surface area contributed by atoms with Gasteiger partial charge in [-0.2, -0.15) is 8.42 Å². The number of nitrogens with one attached hydrogen (secondary N) is 1. The minimum absolute atomic E-state index is 0.137. The number of aliphatic carboxylic acids is 1. The van der Waals surface area contributed by atoms with Crippen LogP contribution in [0, 0.1) is 6.57 Å². The molecule has 0 saturated heterocycles. The molecule has 0 aliphatic carbocycles. The first-order valence-corrected chi connectivity index (χ1v) is 14.8. The van der Waals surface area contributed by atoms with Crippen molar-refractivity contribution < 1.29 is 32.1 Å². The summed E-state index contributed by atoms with van der Waals surface area (Å²) in [5.74, 6) is -0.757. The molecule has 0 aliphatic rings. The molecular formula is C21H38N3O6S4+. The van der Waals surface area contributed by atoms with Crippen LogP contribution >= 0.6 is 35.7 Å². The largest absolute Gasteiger partial charge is 0.481 e. The Morgan fingerprint density at radius 2 is 1.79 bits per heavy atom. The lowest BCUT2D eigenvalue weighted by Crippen LogP contribution is -2.48. The van der Waals surface area contributed by atoms with E-state index in [9.17, 15) is 18.0 Å². The molecule has 0 spiro atoms. The van der Waals surface area contributed by atoms with E-state index in [4.69, 9.17) is 28.4 Å². The SMILES string of the molecule is [C-]#[N+]C(C)(CCC(=O)O)CC(C)(SC(=S)SCC)C(=O)NCCC[N+](C)(C)CCCS(=O)(=O)O. The summed E-state index contributed by atoms with van der Waals surface area (Å²) < 4.78 is 30.8. The predicted octanol–water partition coefficient (Wildman–Crippen LogP) is 3.31. The number of carboxylic acids is 1. The van der Waals surface area contributed by atoms with Crippen LogP contribution in [0.3, 0.4) is 0 Å². The highest BCUT2D eigenvalue weighted by Crippen LogP contribution is 2.40. The number of thiocarbonyl (C=S) groups is 1. The van der Waals surface area contributed by atoms with Gasteiger partial charge in [0.05, 0.1) is 39.4 Å².